The van der Waals surface area contributed by atoms with Crippen LogP contribution < -0.4 is 4.52 Å². The third-order valence-electron chi connectivity index (χ3n) is 13.9. The molecule has 25 nitrogen and oxygen atoms in total. The number of phosphoric acid groups is 1. The third-order valence-corrected chi connectivity index (χ3v) is 16.4. The first kappa shape index (κ1) is 67.2. The van der Waals surface area contributed by atoms with Gasteiger partial charge in [-0.25, -0.2) is 70.6 Å². The van der Waals surface area contributed by atoms with E-state index >= 15 is 8.78 Å². The van der Waals surface area contributed by atoms with Gasteiger partial charge in [0.1, 0.15) is 70.1 Å². The molecule has 0 amide bonds. The standard InChI is InChI=1S/C31H24F2N5O9PS.C31H23F2N5O6S/c1-19(28-37-27(14-49-28)21-7-5-20(13-34)6-8-21)31(15-38-17-35-16-36-38,25-10-9-23(32)12-26(25)33)46-30(40)45-18-44-29(39)22-3-2-4-24(11-22)47-48(41,42)43;1-19(28-37-27(14-45-28)21-7-5-20(13-34)6-8-21)31(15-38-17-35-16-36-38,25-10-9-23(32)12-26(25)33)44-30(41)43-18-42-29(40)22-3-2-4-24(39)11-22/h2-12,14,16-17,19H,15,18H2,1H3,(H2,41,42,43);2-12,14,16-17,19,39H,15,18H2,1H3/t2*19-,31?/m00/s1. The summed E-state index contributed by atoms with van der Waals surface area (Å²) in [5.41, 5.74) is -1.15. The number of aromatic hydroxyl groups is 1. The van der Waals surface area contributed by atoms with E-state index < -0.39 is 92.0 Å². The molecule has 0 spiro atoms. The fourth-order valence-corrected chi connectivity index (χ4v) is 11.7. The molecule has 10 rings (SSSR count). The molecule has 0 aliphatic rings. The van der Waals surface area contributed by atoms with Crippen LogP contribution in [0.15, 0.2) is 170 Å². The van der Waals surface area contributed by atoms with Crippen LogP contribution in [0, 0.1) is 45.9 Å². The molecular formula is C62H47F4N10O15PS2. The second-order valence-electron chi connectivity index (χ2n) is 19.9. The van der Waals surface area contributed by atoms with Crippen molar-refractivity contribution in [1.82, 2.24) is 39.5 Å². The van der Waals surface area contributed by atoms with Gasteiger partial charge < -0.3 is 38.1 Å². The van der Waals surface area contributed by atoms with Crippen LogP contribution in [0.25, 0.3) is 22.5 Å². The van der Waals surface area contributed by atoms with Crippen molar-refractivity contribution >= 4 is 54.7 Å². The van der Waals surface area contributed by atoms with Crippen LogP contribution in [0.1, 0.15) is 78.7 Å². The Morgan fingerprint density at radius 2 is 1.03 bits per heavy atom. The number of nitriles is 2. The zero-order chi connectivity index (χ0) is 67.2. The maximum atomic E-state index is 15.6. The van der Waals surface area contributed by atoms with Crippen LogP contribution in [0.3, 0.4) is 0 Å². The highest BCUT2D eigenvalue weighted by Crippen LogP contribution is 2.47. The van der Waals surface area contributed by atoms with E-state index in [1.54, 1.807) is 73.1 Å². The summed E-state index contributed by atoms with van der Waals surface area (Å²) in [7, 11) is -4.90. The van der Waals surface area contributed by atoms with Gasteiger partial charge >= 0.3 is 32.1 Å². The van der Waals surface area contributed by atoms with Crippen molar-refractivity contribution in [3.8, 4) is 46.2 Å². The van der Waals surface area contributed by atoms with E-state index in [0.29, 0.717) is 55.8 Å². The lowest BCUT2D eigenvalue weighted by molar-refractivity contribution is -0.0894. The summed E-state index contributed by atoms with van der Waals surface area (Å²) in [5, 5.41) is 40.3. The van der Waals surface area contributed by atoms with Gasteiger partial charge in [0.2, 0.25) is 13.6 Å². The molecule has 0 bridgehead atoms. The summed E-state index contributed by atoms with van der Waals surface area (Å²) >= 11 is 2.39. The lowest BCUT2D eigenvalue weighted by atomic mass is 9.81. The number of phenols is 1. The van der Waals surface area contributed by atoms with Gasteiger partial charge in [0.05, 0.1) is 70.7 Å². The lowest BCUT2D eigenvalue weighted by Crippen LogP contribution is -2.43. The summed E-state index contributed by atoms with van der Waals surface area (Å²) < 4.78 is 109. The highest BCUT2D eigenvalue weighted by atomic mass is 32.1. The number of rotatable bonds is 22. The fraction of sp³-hybridized carbons (Fsp3) is 0.161. The van der Waals surface area contributed by atoms with Crippen molar-refractivity contribution in [2.45, 2.75) is 50.0 Å². The number of phenolic OH excluding ortho intramolecular Hbond substituents is 1. The van der Waals surface area contributed by atoms with E-state index in [1.165, 1.54) is 99.8 Å². The monoisotopic (exact) mass is 1340 g/mol. The smallest absolute Gasteiger partial charge is 0.508 e. The van der Waals surface area contributed by atoms with Crippen LogP contribution in [0.4, 0.5) is 27.2 Å². The van der Waals surface area contributed by atoms with Crippen molar-refractivity contribution in [2.75, 3.05) is 13.6 Å². The van der Waals surface area contributed by atoms with E-state index in [0.717, 1.165) is 30.3 Å². The Bertz CT molecular complexity index is 4470. The maximum Gasteiger partial charge on any atom is 0.524 e. The van der Waals surface area contributed by atoms with Gasteiger partial charge in [-0.1, -0.05) is 50.2 Å². The lowest BCUT2D eigenvalue weighted by Gasteiger charge is -2.37. The summed E-state index contributed by atoms with van der Waals surface area (Å²) in [4.78, 5) is 86.6. The largest absolute Gasteiger partial charge is 0.524 e. The van der Waals surface area contributed by atoms with Crippen LogP contribution in [0.2, 0.25) is 0 Å². The Morgan fingerprint density at radius 3 is 1.43 bits per heavy atom. The highest BCUT2D eigenvalue weighted by molar-refractivity contribution is 7.46. The number of nitrogens with zero attached hydrogens (tertiary/aromatic N) is 10. The van der Waals surface area contributed by atoms with Gasteiger partial charge in [0, 0.05) is 45.1 Å². The second-order valence-corrected chi connectivity index (χ2v) is 22.9. The normalized spacial score (nSPS) is 13.0. The first-order chi connectivity index (χ1) is 45.0. The van der Waals surface area contributed by atoms with Crippen molar-refractivity contribution in [3.63, 3.8) is 0 Å². The third kappa shape index (κ3) is 16.6. The molecule has 10 aromatic rings. The molecule has 32 heteroatoms. The van der Waals surface area contributed by atoms with Crippen molar-refractivity contribution in [3.05, 3.63) is 236 Å². The quantitative estimate of drug-likeness (QED) is 0.0186. The molecule has 0 fully saturated rings. The molecule has 0 saturated heterocycles. The number of hydrogen-bond donors (Lipinski definition) is 3. The zero-order valence-electron chi connectivity index (χ0n) is 48.6. The number of carbonyl (C=O) groups excluding carboxylic acids is 4. The predicted molar refractivity (Wildman–Crippen MR) is 320 cm³/mol. The summed E-state index contributed by atoms with van der Waals surface area (Å²) in [6, 6.07) is 33.2. The van der Waals surface area contributed by atoms with E-state index in [-0.39, 0.29) is 46.8 Å². The number of esters is 2. The Labute approximate surface area is 537 Å². The minimum atomic E-state index is -4.90. The molecular weight excluding hydrogens is 1300 g/mol. The van der Waals surface area contributed by atoms with Gasteiger partial charge in [0.25, 0.3) is 0 Å². The Morgan fingerprint density at radius 1 is 0.596 bits per heavy atom. The van der Waals surface area contributed by atoms with Crippen molar-refractivity contribution < 1.29 is 89.1 Å². The molecule has 4 aromatic heterocycles. The minimum Gasteiger partial charge on any atom is -0.508 e. The summed E-state index contributed by atoms with van der Waals surface area (Å²) in [5.74, 6) is -8.04. The molecule has 4 atom stereocenters. The van der Waals surface area contributed by atoms with E-state index in [1.807, 2.05) is 6.07 Å². The SMILES string of the molecule is C[C@@H](c1nc(-c2ccc(C#N)cc2)cs1)C(Cn1cncn1)(OC(=O)OCOC(=O)c1cccc(O)c1)c1ccc(F)cc1F.C[C@@H](c1nc(-c2ccc(C#N)cc2)cs1)C(Cn1cncn1)(OC(=O)OCOC(=O)c1cccc(OP(=O)(O)O)c1)c1ccc(F)cc1F. The number of carbonyl (C=O) groups is 4. The average Bonchev–Trinajstić information content (AvgIpc) is 1.21. The number of halogens is 4. The van der Waals surface area contributed by atoms with Gasteiger partial charge in [-0.3, -0.25) is 9.79 Å². The molecule has 0 aliphatic carbocycles. The Kier molecular flexibility index (Phi) is 21.3. The fourth-order valence-electron chi connectivity index (χ4n) is 9.34. The number of hydrogen-bond acceptors (Lipinski definition) is 23. The van der Waals surface area contributed by atoms with Crippen molar-refractivity contribution in [1.29, 1.82) is 10.5 Å². The topological polar surface area (TPSA) is 345 Å². The number of aromatic nitrogens is 8. The minimum absolute atomic E-state index is 0.0105. The first-order valence-electron chi connectivity index (χ1n) is 27.2. The van der Waals surface area contributed by atoms with Gasteiger partial charge in [-0.2, -0.15) is 20.7 Å². The van der Waals surface area contributed by atoms with Crippen LogP contribution >= 0.6 is 30.5 Å². The van der Waals surface area contributed by atoms with Crippen molar-refractivity contribution in [2.24, 2.45) is 0 Å². The van der Waals surface area contributed by atoms with Crippen LogP contribution in [0.5, 0.6) is 11.5 Å². The predicted octanol–water partition coefficient (Wildman–Crippen LogP) is 11.6. The molecule has 2 unspecified atom stereocenters. The van der Waals surface area contributed by atoms with Crippen LogP contribution in [-0.4, -0.2) is 92.2 Å². The van der Waals surface area contributed by atoms with E-state index in [9.17, 15) is 37.6 Å². The summed E-state index contributed by atoms with van der Waals surface area (Å²) in [6.45, 7) is 0.774. The molecule has 0 saturated carbocycles. The molecule has 3 N–H and O–H groups in total. The second kappa shape index (κ2) is 29.8. The number of thiazole rings is 2. The Balaban J connectivity index is 0.000000222. The van der Waals surface area contributed by atoms with Gasteiger partial charge in [-0.05, 0) is 84.9 Å². The van der Waals surface area contributed by atoms with Gasteiger partial charge in [0.15, 0.2) is 11.2 Å². The van der Waals surface area contributed by atoms with Crippen LogP contribution in [-0.2, 0) is 57.3 Å². The average molecular weight is 1340 g/mol. The molecule has 480 valence electrons. The summed E-state index contributed by atoms with van der Waals surface area (Å²) in [6.07, 6.45) is 2.33. The number of ether oxygens (including phenoxy) is 6. The van der Waals surface area contributed by atoms with E-state index in [4.69, 9.17) is 58.7 Å². The molecule has 6 aromatic carbocycles. The molecule has 94 heavy (non-hydrogen) atoms. The van der Waals surface area contributed by atoms with Gasteiger partial charge in [-0.15, -0.1) is 22.7 Å². The maximum absolute atomic E-state index is 15.6. The Hall–Kier alpha value is -11.2. The van der Waals surface area contributed by atoms with E-state index in [2.05, 4.69) is 30.8 Å². The first-order valence-corrected chi connectivity index (χ1v) is 30.5. The number of benzene rings is 6. The number of phosphoric ester groups is 1. The molecule has 0 aliphatic heterocycles. The molecule has 0 radical (unpaired) electrons. The molecule has 4 heterocycles. The zero-order valence-corrected chi connectivity index (χ0v) is 51.2. The highest BCUT2D eigenvalue weighted by Gasteiger charge is 2.49.